The number of fused-ring (bicyclic) bond motifs is 1. The van der Waals surface area contributed by atoms with Crippen molar-refractivity contribution in [3.8, 4) is 0 Å². The molecule has 144 valence electrons. The summed E-state index contributed by atoms with van der Waals surface area (Å²) in [6.45, 7) is 3.96. The first-order valence-electron chi connectivity index (χ1n) is 9.22. The molecule has 0 amide bonds. The Morgan fingerprint density at radius 1 is 1.23 bits per heavy atom. The SMILES string of the molecule is CCC[CH2][Sn]1([CH2]CCC)[O]C2=C(CO)O[C@@H](n3ccc(=O)[nH]c3=O)C2[O]1. The molecular weight excluding hydrogens is 447 g/mol. The molecule has 2 aliphatic rings. The molecule has 9 heteroatoms. The molecule has 2 N–H and O–H groups in total. The Hall–Kier alpha value is -1.26. The fourth-order valence-electron chi connectivity index (χ4n) is 3.42. The van der Waals surface area contributed by atoms with Crippen molar-refractivity contribution in [3.05, 3.63) is 44.6 Å². The normalized spacial score (nSPS) is 23.7. The Balaban J connectivity index is 1.92. The van der Waals surface area contributed by atoms with E-state index in [-0.39, 0.29) is 6.61 Å². The summed E-state index contributed by atoms with van der Waals surface area (Å²) in [5, 5.41) is 9.67. The molecule has 1 aromatic heterocycles. The average Bonchev–Trinajstić information content (AvgIpc) is 3.14. The van der Waals surface area contributed by atoms with Gasteiger partial charge in [-0.25, -0.2) is 0 Å². The van der Waals surface area contributed by atoms with Crippen molar-refractivity contribution in [1.29, 1.82) is 0 Å². The number of aromatic amines is 1. The van der Waals surface area contributed by atoms with E-state index in [4.69, 9.17) is 10.9 Å². The number of hydrogen-bond acceptors (Lipinski definition) is 6. The van der Waals surface area contributed by atoms with Gasteiger partial charge in [-0.05, 0) is 0 Å². The van der Waals surface area contributed by atoms with E-state index in [2.05, 4.69) is 18.8 Å². The van der Waals surface area contributed by atoms with Crippen molar-refractivity contribution >= 4 is 19.2 Å². The number of aliphatic hydroxyl groups is 1. The predicted molar refractivity (Wildman–Crippen MR) is 96.7 cm³/mol. The van der Waals surface area contributed by atoms with E-state index in [1.54, 1.807) is 0 Å². The Morgan fingerprint density at radius 3 is 2.50 bits per heavy atom. The summed E-state index contributed by atoms with van der Waals surface area (Å²) >= 11 is -3.34. The van der Waals surface area contributed by atoms with E-state index in [1.807, 2.05) is 0 Å². The molecule has 2 aliphatic heterocycles. The van der Waals surface area contributed by atoms with Crippen LogP contribution in [0.1, 0.15) is 45.8 Å². The Labute approximate surface area is 156 Å². The number of aromatic nitrogens is 2. The average molecular weight is 473 g/mol. The van der Waals surface area contributed by atoms with Gasteiger partial charge in [0.15, 0.2) is 0 Å². The molecule has 1 unspecified atom stereocenters. The van der Waals surface area contributed by atoms with E-state index in [0.29, 0.717) is 11.5 Å². The first-order valence-corrected chi connectivity index (χ1v) is 15.6. The van der Waals surface area contributed by atoms with Gasteiger partial charge < -0.3 is 0 Å². The van der Waals surface area contributed by atoms with Gasteiger partial charge in [0.05, 0.1) is 0 Å². The second-order valence-corrected chi connectivity index (χ2v) is 16.0. The zero-order valence-corrected chi connectivity index (χ0v) is 18.0. The molecule has 0 bridgehead atoms. The zero-order valence-electron chi connectivity index (χ0n) is 15.2. The summed E-state index contributed by atoms with van der Waals surface area (Å²) in [5.41, 5.74) is -1.04. The number of ether oxygens (including phenoxy) is 1. The van der Waals surface area contributed by atoms with Gasteiger partial charge in [0.1, 0.15) is 0 Å². The van der Waals surface area contributed by atoms with Crippen molar-refractivity contribution in [2.45, 2.75) is 60.7 Å². The van der Waals surface area contributed by atoms with Crippen LogP contribution < -0.4 is 11.2 Å². The first-order chi connectivity index (χ1) is 12.5. The molecule has 1 saturated heterocycles. The van der Waals surface area contributed by atoms with Gasteiger partial charge in [-0.1, -0.05) is 0 Å². The van der Waals surface area contributed by atoms with E-state index < -0.39 is 42.8 Å². The third-order valence-electron chi connectivity index (χ3n) is 4.78. The molecule has 0 aromatic carbocycles. The Kier molecular flexibility index (Phi) is 6.13. The topological polar surface area (TPSA) is 103 Å². The first kappa shape index (κ1) is 19.5. The molecule has 0 aliphatic carbocycles. The van der Waals surface area contributed by atoms with Gasteiger partial charge in [-0.15, -0.1) is 0 Å². The molecule has 26 heavy (non-hydrogen) atoms. The molecule has 3 heterocycles. The van der Waals surface area contributed by atoms with Gasteiger partial charge in [0.2, 0.25) is 0 Å². The fraction of sp³-hybridized carbons (Fsp3) is 0.647. The van der Waals surface area contributed by atoms with E-state index in [9.17, 15) is 14.7 Å². The second kappa shape index (κ2) is 8.18. The summed E-state index contributed by atoms with van der Waals surface area (Å²) in [5.74, 6) is 0.864. The number of hydrogen-bond donors (Lipinski definition) is 2. The number of unbranched alkanes of at least 4 members (excludes halogenated alkanes) is 2. The summed E-state index contributed by atoms with van der Waals surface area (Å²) in [7, 11) is 0. The number of nitrogens with zero attached hydrogens (tertiary/aromatic N) is 1. The zero-order chi connectivity index (χ0) is 18.7. The van der Waals surface area contributed by atoms with E-state index >= 15 is 0 Å². The van der Waals surface area contributed by atoms with Crippen LogP contribution in [-0.2, 0) is 10.9 Å². The molecule has 0 radical (unpaired) electrons. The summed E-state index contributed by atoms with van der Waals surface area (Å²) < 4.78 is 21.8. The second-order valence-electron chi connectivity index (χ2n) is 6.73. The van der Waals surface area contributed by atoms with Crippen LogP contribution in [0.4, 0.5) is 0 Å². The minimum absolute atomic E-state index is 0.312. The van der Waals surface area contributed by atoms with Crippen molar-refractivity contribution in [3.63, 3.8) is 0 Å². The quantitative estimate of drug-likeness (QED) is 0.558. The van der Waals surface area contributed by atoms with Gasteiger partial charge in [-0.2, -0.15) is 0 Å². The molecule has 1 fully saturated rings. The van der Waals surface area contributed by atoms with Crippen LogP contribution in [0.3, 0.4) is 0 Å². The van der Waals surface area contributed by atoms with Crippen molar-refractivity contribution < 1.29 is 16.0 Å². The van der Waals surface area contributed by atoms with Gasteiger partial charge in [0, 0.05) is 0 Å². The number of nitrogens with one attached hydrogen (secondary N) is 1. The summed E-state index contributed by atoms with van der Waals surface area (Å²) in [4.78, 5) is 25.8. The Bertz CT molecular complexity index is 778. The van der Waals surface area contributed by atoms with Crippen LogP contribution in [-0.4, -0.2) is 46.6 Å². The van der Waals surface area contributed by atoms with E-state index in [0.717, 1.165) is 34.6 Å². The maximum absolute atomic E-state index is 12.2. The molecule has 0 saturated carbocycles. The number of H-pyrrole nitrogens is 1. The van der Waals surface area contributed by atoms with Gasteiger partial charge in [0.25, 0.3) is 0 Å². The van der Waals surface area contributed by atoms with Crippen LogP contribution in [0.5, 0.6) is 0 Å². The Morgan fingerprint density at radius 2 is 1.92 bits per heavy atom. The van der Waals surface area contributed by atoms with Crippen molar-refractivity contribution in [2.75, 3.05) is 6.61 Å². The minimum atomic E-state index is -3.34. The monoisotopic (exact) mass is 474 g/mol. The summed E-state index contributed by atoms with van der Waals surface area (Å²) in [6.07, 6.45) is 4.29. The molecule has 0 spiro atoms. The standard InChI is InChI=1S/C9H9N2O6.2C4H9.Sn/c12-3-4-6(14)7(15)8(17-4)11-2-1-5(13)10-9(11)16;2*1-3-4-2;/h1-2,7-8,12,14H,3H2,(H,10,13,16);2*1,3-4H2,2H3;/q-1;;;+2/p-1/t7?,8-;;;/m1.../s1. The van der Waals surface area contributed by atoms with E-state index in [1.165, 1.54) is 16.8 Å². The van der Waals surface area contributed by atoms with Crippen LogP contribution in [0, 0.1) is 0 Å². The fourth-order valence-corrected chi connectivity index (χ4v) is 14.4. The van der Waals surface area contributed by atoms with Crippen LogP contribution in [0.2, 0.25) is 8.87 Å². The van der Waals surface area contributed by atoms with Crippen molar-refractivity contribution in [1.82, 2.24) is 9.55 Å². The molecule has 3 rings (SSSR count). The predicted octanol–water partition coefficient (Wildman–Crippen LogP) is 1.73. The van der Waals surface area contributed by atoms with Crippen LogP contribution in [0.25, 0.3) is 0 Å². The maximum atomic E-state index is 12.2. The summed E-state index contributed by atoms with van der Waals surface area (Å²) in [6, 6.07) is 1.27. The number of aliphatic hydroxyl groups excluding tert-OH is 1. The third kappa shape index (κ3) is 3.72. The van der Waals surface area contributed by atoms with Gasteiger partial charge in [-0.3, -0.25) is 0 Å². The van der Waals surface area contributed by atoms with Gasteiger partial charge >= 0.3 is 157 Å². The van der Waals surface area contributed by atoms with Crippen LogP contribution in [0.15, 0.2) is 33.4 Å². The molecule has 8 nitrogen and oxygen atoms in total. The van der Waals surface area contributed by atoms with Crippen molar-refractivity contribution in [2.24, 2.45) is 0 Å². The third-order valence-corrected chi connectivity index (χ3v) is 14.8. The van der Waals surface area contributed by atoms with Crippen LogP contribution >= 0.6 is 0 Å². The number of rotatable bonds is 8. The molecule has 2 atom stereocenters. The molecular formula is C17H26N2O6Sn. The molecule has 1 aromatic rings.